The number of furan rings is 1. The number of hydroxylamine groups is 1. The average Bonchev–Trinajstić information content (AvgIpc) is 3.48. The Morgan fingerprint density at radius 3 is 2.76 bits per heavy atom. The molecule has 1 aliphatic rings. The van der Waals surface area contributed by atoms with E-state index < -0.39 is 0 Å². The molecular weight excluding hydrogens is 338 g/mol. The van der Waals surface area contributed by atoms with Crippen LogP contribution in [0.1, 0.15) is 22.5 Å². The third-order valence-corrected chi connectivity index (χ3v) is 4.85. The van der Waals surface area contributed by atoms with Gasteiger partial charge in [0, 0.05) is 18.0 Å². The van der Waals surface area contributed by atoms with Crippen molar-refractivity contribution in [3.63, 3.8) is 0 Å². The summed E-state index contributed by atoms with van der Waals surface area (Å²) in [6, 6.07) is 11.3. The summed E-state index contributed by atoms with van der Waals surface area (Å²) in [5.41, 5.74) is 1.90. The molecule has 124 valence electrons. The van der Waals surface area contributed by atoms with Crippen LogP contribution in [0.15, 0.2) is 75.5 Å². The van der Waals surface area contributed by atoms with Crippen molar-refractivity contribution in [3.05, 3.63) is 83.2 Å². The lowest BCUT2D eigenvalue weighted by Crippen LogP contribution is -2.23. The Kier molecular flexibility index (Phi) is 3.24. The minimum Gasteiger partial charge on any atom is -0.446 e. The van der Waals surface area contributed by atoms with Crippen molar-refractivity contribution in [1.82, 2.24) is 9.97 Å². The van der Waals surface area contributed by atoms with Crippen LogP contribution in [0.5, 0.6) is 0 Å². The van der Waals surface area contributed by atoms with Crippen molar-refractivity contribution in [2.75, 3.05) is 5.06 Å². The standard InChI is InChI=1S/C18H13N3O3S/c1-4-12(19-7-1)15-16(18-20-8-10-23-18)21(14-6-2-9-22-14)24-17(15)13-5-3-11-25-13/h1-11,16,19H. The molecule has 1 unspecified atom stereocenters. The molecule has 0 saturated heterocycles. The van der Waals surface area contributed by atoms with Crippen LogP contribution in [0.4, 0.5) is 5.88 Å². The number of nitrogens with one attached hydrogen (secondary N) is 1. The van der Waals surface area contributed by atoms with Gasteiger partial charge in [0.05, 0.1) is 22.9 Å². The van der Waals surface area contributed by atoms with Crippen molar-refractivity contribution in [2.45, 2.75) is 6.04 Å². The molecule has 5 rings (SSSR count). The zero-order chi connectivity index (χ0) is 16.6. The van der Waals surface area contributed by atoms with E-state index in [9.17, 15) is 0 Å². The smallest absolute Gasteiger partial charge is 0.229 e. The summed E-state index contributed by atoms with van der Waals surface area (Å²) in [6.07, 6.45) is 6.69. The molecule has 0 amide bonds. The van der Waals surface area contributed by atoms with Gasteiger partial charge in [-0.25, -0.2) is 4.98 Å². The minimum absolute atomic E-state index is 0.364. The first-order valence-corrected chi connectivity index (χ1v) is 8.61. The Morgan fingerprint density at radius 1 is 1.08 bits per heavy atom. The van der Waals surface area contributed by atoms with E-state index in [2.05, 4.69) is 9.97 Å². The molecule has 4 aromatic heterocycles. The first-order valence-electron chi connectivity index (χ1n) is 7.74. The Labute approximate surface area is 146 Å². The van der Waals surface area contributed by atoms with Crippen LogP contribution in [0, 0.1) is 0 Å². The first-order chi connectivity index (χ1) is 12.4. The van der Waals surface area contributed by atoms with Gasteiger partial charge in [0.2, 0.25) is 11.8 Å². The van der Waals surface area contributed by atoms with E-state index in [1.807, 2.05) is 48.0 Å². The number of hydrogen-bond donors (Lipinski definition) is 1. The average molecular weight is 351 g/mol. The zero-order valence-corrected chi connectivity index (χ0v) is 13.8. The third kappa shape index (κ3) is 2.28. The maximum absolute atomic E-state index is 6.23. The van der Waals surface area contributed by atoms with Gasteiger partial charge in [-0.2, -0.15) is 5.06 Å². The largest absolute Gasteiger partial charge is 0.446 e. The van der Waals surface area contributed by atoms with E-state index in [0.717, 1.165) is 21.9 Å². The topological polar surface area (TPSA) is 67.4 Å². The van der Waals surface area contributed by atoms with Crippen molar-refractivity contribution >= 4 is 28.6 Å². The zero-order valence-electron chi connectivity index (χ0n) is 13.0. The molecule has 0 saturated carbocycles. The van der Waals surface area contributed by atoms with Gasteiger partial charge in [-0.1, -0.05) is 6.07 Å². The number of aromatic nitrogens is 2. The summed E-state index contributed by atoms with van der Waals surface area (Å²) in [5, 5.41) is 3.71. The maximum Gasteiger partial charge on any atom is 0.229 e. The van der Waals surface area contributed by atoms with Gasteiger partial charge in [0.25, 0.3) is 0 Å². The van der Waals surface area contributed by atoms with Gasteiger partial charge in [0.15, 0.2) is 11.8 Å². The maximum atomic E-state index is 6.23. The van der Waals surface area contributed by atoms with E-state index in [-0.39, 0.29) is 6.04 Å². The first kappa shape index (κ1) is 14.2. The highest BCUT2D eigenvalue weighted by molar-refractivity contribution is 7.11. The number of rotatable bonds is 4. The second-order valence-corrected chi connectivity index (χ2v) is 6.39. The summed E-state index contributed by atoms with van der Waals surface area (Å²) in [6.45, 7) is 0. The fraction of sp³-hybridized carbons (Fsp3) is 0.0556. The Bertz CT molecular complexity index is 971. The van der Waals surface area contributed by atoms with Gasteiger partial charge >= 0.3 is 0 Å². The molecule has 1 atom stereocenters. The molecule has 0 aromatic carbocycles. The summed E-state index contributed by atoms with van der Waals surface area (Å²) in [4.78, 5) is 14.9. The fourth-order valence-corrected chi connectivity index (χ4v) is 3.67. The van der Waals surface area contributed by atoms with Crippen LogP contribution in [-0.2, 0) is 4.84 Å². The molecule has 0 spiro atoms. The van der Waals surface area contributed by atoms with E-state index >= 15 is 0 Å². The predicted octanol–water partition coefficient (Wildman–Crippen LogP) is 4.72. The summed E-state index contributed by atoms with van der Waals surface area (Å²) in [7, 11) is 0. The number of nitrogens with zero attached hydrogens (tertiary/aromatic N) is 2. The lowest BCUT2D eigenvalue weighted by Gasteiger charge is -2.21. The van der Waals surface area contributed by atoms with Gasteiger partial charge in [-0.3, -0.25) is 0 Å². The van der Waals surface area contributed by atoms with Crippen molar-refractivity contribution in [1.29, 1.82) is 0 Å². The lowest BCUT2D eigenvalue weighted by molar-refractivity contribution is 0.217. The van der Waals surface area contributed by atoms with E-state index in [4.69, 9.17) is 13.7 Å². The number of oxazole rings is 1. The molecule has 1 N–H and O–H groups in total. The molecule has 4 aromatic rings. The lowest BCUT2D eigenvalue weighted by atomic mass is 10.0. The molecule has 0 radical (unpaired) electrons. The summed E-state index contributed by atoms with van der Waals surface area (Å²) < 4.78 is 11.2. The molecular formula is C18H13N3O3S. The molecule has 0 aliphatic carbocycles. The highest BCUT2D eigenvalue weighted by Crippen LogP contribution is 2.49. The molecule has 6 nitrogen and oxygen atoms in total. The minimum atomic E-state index is -0.364. The van der Waals surface area contributed by atoms with Crippen LogP contribution in [0.2, 0.25) is 0 Å². The van der Waals surface area contributed by atoms with Gasteiger partial charge in [-0.05, 0) is 29.6 Å². The SMILES string of the molecule is c1c[nH]c(C2=C(c3cccs3)ON(c3ccco3)C2c2ncco2)c1. The second-order valence-electron chi connectivity index (χ2n) is 5.45. The number of thiophene rings is 1. The molecule has 1 aliphatic heterocycles. The normalized spacial score (nSPS) is 17.3. The summed E-state index contributed by atoms with van der Waals surface area (Å²) in [5.74, 6) is 1.88. The van der Waals surface area contributed by atoms with Crippen molar-refractivity contribution < 1.29 is 13.7 Å². The van der Waals surface area contributed by atoms with E-state index in [1.165, 1.54) is 0 Å². The predicted molar refractivity (Wildman–Crippen MR) is 93.4 cm³/mol. The van der Waals surface area contributed by atoms with Gasteiger partial charge in [0.1, 0.15) is 6.26 Å². The van der Waals surface area contributed by atoms with Gasteiger partial charge < -0.3 is 18.7 Å². The Morgan fingerprint density at radius 2 is 2.08 bits per heavy atom. The number of anilines is 1. The van der Waals surface area contributed by atoms with E-state index in [0.29, 0.717) is 11.8 Å². The second kappa shape index (κ2) is 5.71. The van der Waals surface area contributed by atoms with E-state index in [1.54, 1.807) is 35.1 Å². The fourth-order valence-electron chi connectivity index (χ4n) is 2.96. The van der Waals surface area contributed by atoms with Crippen molar-refractivity contribution in [2.24, 2.45) is 0 Å². The summed E-state index contributed by atoms with van der Waals surface area (Å²) >= 11 is 1.61. The molecule has 0 fully saturated rings. The molecule has 25 heavy (non-hydrogen) atoms. The van der Waals surface area contributed by atoms with Crippen molar-refractivity contribution in [3.8, 4) is 0 Å². The number of hydrogen-bond acceptors (Lipinski definition) is 6. The van der Waals surface area contributed by atoms with Gasteiger partial charge in [-0.15, -0.1) is 11.3 Å². The van der Waals surface area contributed by atoms with Crippen LogP contribution in [0.25, 0.3) is 11.3 Å². The molecule has 5 heterocycles. The van der Waals surface area contributed by atoms with Crippen LogP contribution >= 0.6 is 11.3 Å². The monoisotopic (exact) mass is 351 g/mol. The highest BCUT2D eigenvalue weighted by atomic mass is 32.1. The Balaban J connectivity index is 1.73. The number of H-pyrrole nitrogens is 1. The van der Waals surface area contributed by atoms with Crippen LogP contribution in [-0.4, -0.2) is 9.97 Å². The number of aromatic amines is 1. The Hall–Kier alpha value is -3.19. The third-order valence-electron chi connectivity index (χ3n) is 3.98. The molecule has 7 heteroatoms. The highest BCUT2D eigenvalue weighted by Gasteiger charge is 2.42. The molecule has 0 bridgehead atoms. The van der Waals surface area contributed by atoms with Crippen LogP contribution < -0.4 is 5.06 Å². The quantitative estimate of drug-likeness (QED) is 0.576. The van der Waals surface area contributed by atoms with Crippen LogP contribution in [0.3, 0.4) is 0 Å².